The van der Waals surface area contributed by atoms with Crippen LogP contribution in [0.4, 0.5) is 0 Å². The van der Waals surface area contributed by atoms with Crippen molar-refractivity contribution in [2.24, 2.45) is 5.92 Å². The third-order valence-corrected chi connectivity index (χ3v) is 5.08. The second-order valence-corrected chi connectivity index (χ2v) is 7.03. The lowest BCUT2D eigenvalue weighted by atomic mass is 10.0. The zero-order valence-corrected chi connectivity index (χ0v) is 13.8. The fraction of sp³-hybridized carbons (Fsp3) is 0.812. The molecule has 1 aromatic rings. The summed E-state index contributed by atoms with van der Waals surface area (Å²) in [6.45, 7) is 8.10. The van der Waals surface area contributed by atoms with Crippen LogP contribution in [-0.4, -0.2) is 51.2 Å². The minimum absolute atomic E-state index is 0.116. The Bertz CT molecular complexity index is 520. The van der Waals surface area contributed by atoms with Gasteiger partial charge in [0.15, 0.2) is 5.82 Å². The van der Waals surface area contributed by atoms with E-state index < -0.39 is 0 Å². The molecule has 1 saturated heterocycles. The van der Waals surface area contributed by atoms with E-state index in [9.17, 15) is 4.79 Å². The van der Waals surface area contributed by atoms with E-state index in [0.29, 0.717) is 6.04 Å². The molecule has 1 aliphatic heterocycles. The number of hydrogen-bond acceptors (Lipinski definition) is 4. The Hall–Kier alpha value is -1.43. The highest BCUT2D eigenvalue weighted by Crippen LogP contribution is 2.29. The molecule has 2 aliphatic rings. The van der Waals surface area contributed by atoms with Crippen molar-refractivity contribution in [3.8, 4) is 0 Å². The number of likely N-dealkylation sites (tertiary alicyclic amines) is 1. The fourth-order valence-corrected chi connectivity index (χ4v) is 3.68. The summed E-state index contributed by atoms with van der Waals surface area (Å²) in [5.74, 6) is 2.28. The highest BCUT2D eigenvalue weighted by atomic mass is 16.2. The molecule has 1 aliphatic carbocycles. The summed E-state index contributed by atoms with van der Waals surface area (Å²) in [4.78, 5) is 19.4. The predicted octanol–water partition coefficient (Wildman–Crippen LogP) is 1.60. The summed E-state index contributed by atoms with van der Waals surface area (Å²) in [7, 11) is 0. The Labute approximate surface area is 132 Å². The third kappa shape index (κ3) is 3.16. The summed E-state index contributed by atoms with van der Waals surface area (Å²) in [5, 5.41) is 10.5. The van der Waals surface area contributed by atoms with Crippen LogP contribution in [0.2, 0.25) is 0 Å². The van der Waals surface area contributed by atoms with E-state index >= 15 is 0 Å². The molecule has 6 nitrogen and oxygen atoms in total. The predicted molar refractivity (Wildman–Crippen MR) is 84.5 cm³/mol. The minimum atomic E-state index is 0.116. The number of nitrogens with one attached hydrogen (secondary N) is 2. The first-order chi connectivity index (χ1) is 10.5. The van der Waals surface area contributed by atoms with Gasteiger partial charge >= 0.3 is 0 Å². The second kappa shape index (κ2) is 6.36. The Morgan fingerprint density at radius 2 is 2.05 bits per heavy atom. The van der Waals surface area contributed by atoms with Gasteiger partial charge in [0.2, 0.25) is 5.91 Å². The van der Waals surface area contributed by atoms with Gasteiger partial charge in [-0.2, -0.15) is 5.10 Å². The molecule has 1 saturated carbocycles. The number of aromatic amines is 1. The van der Waals surface area contributed by atoms with Crippen molar-refractivity contribution in [2.75, 3.05) is 13.1 Å². The molecule has 0 radical (unpaired) electrons. The summed E-state index contributed by atoms with van der Waals surface area (Å²) < 4.78 is 0. The number of carbonyl (C=O) groups is 1. The van der Waals surface area contributed by atoms with E-state index in [4.69, 9.17) is 0 Å². The zero-order chi connectivity index (χ0) is 15.7. The lowest BCUT2D eigenvalue weighted by Gasteiger charge is -2.21. The largest absolute Gasteiger partial charge is 0.351 e. The van der Waals surface area contributed by atoms with Crippen molar-refractivity contribution in [2.45, 2.75) is 64.5 Å². The van der Waals surface area contributed by atoms with Crippen molar-refractivity contribution < 1.29 is 4.79 Å². The lowest BCUT2D eigenvalue weighted by Crippen LogP contribution is -2.43. The van der Waals surface area contributed by atoms with Gasteiger partial charge in [0, 0.05) is 25.0 Å². The van der Waals surface area contributed by atoms with Crippen LogP contribution >= 0.6 is 0 Å². The lowest BCUT2D eigenvalue weighted by molar-refractivity contribution is -0.125. The highest BCUT2D eigenvalue weighted by Gasteiger charge is 2.39. The second-order valence-electron chi connectivity index (χ2n) is 7.03. The molecule has 0 aromatic carbocycles. The summed E-state index contributed by atoms with van der Waals surface area (Å²) >= 11 is 0. The molecule has 0 unspecified atom stereocenters. The number of hydrogen-bond donors (Lipinski definition) is 2. The number of aryl methyl sites for hydroxylation is 1. The monoisotopic (exact) mass is 305 g/mol. The van der Waals surface area contributed by atoms with E-state index in [0.717, 1.165) is 37.6 Å². The number of nitrogens with zero attached hydrogens (tertiary/aromatic N) is 3. The van der Waals surface area contributed by atoms with Gasteiger partial charge in [-0.05, 0) is 33.6 Å². The van der Waals surface area contributed by atoms with Crippen molar-refractivity contribution >= 4 is 5.91 Å². The standard InChI is InChI=1S/C16H27N5O/c1-10(2)21-8-13(15-17-11(3)19-20-15)14(9-21)18-16(22)12-6-4-5-7-12/h10,12-14H,4-9H2,1-3H3,(H,18,22)(H,17,19,20)/t13-,14-/m1/s1. The molecule has 22 heavy (non-hydrogen) atoms. The van der Waals surface area contributed by atoms with E-state index in [-0.39, 0.29) is 23.8 Å². The average Bonchev–Trinajstić information content (AvgIpc) is 3.17. The Kier molecular flexibility index (Phi) is 4.47. The number of H-pyrrole nitrogens is 1. The van der Waals surface area contributed by atoms with Crippen molar-refractivity contribution in [1.29, 1.82) is 0 Å². The Morgan fingerprint density at radius 1 is 1.32 bits per heavy atom. The van der Waals surface area contributed by atoms with Crippen LogP contribution in [0.15, 0.2) is 0 Å². The smallest absolute Gasteiger partial charge is 0.223 e. The van der Waals surface area contributed by atoms with E-state index in [1.54, 1.807) is 0 Å². The number of amides is 1. The van der Waals surface area contributed by atoms with Crippen LogP contribution in [0.1, 0.15) is 57.1 Å². The molecule has 1 amide bonds. The van der Waals surface area contributed by atoms with E-state index in [1.807, 2.05) is 6.92 Å². The number of rotatable bonds is 4. The first kappa shape index (κ1) is 15.5. The zero-order valence-electron chi connectivity index (χ0n) is 13.8. The first-order valence-corrected chi connectivity index (χ1v) is 8.48. The summed E-state index contributed by atoms with van der Waals surface area (Å²) in [6.07, 6.45) is 4.45. The van der Waals surface area contributed by atoms with Gasteiger partial charge in [0.25, 0.3) is 0 Å². The van der Waals surface area contributed by atoms with Crippen LogP contribution in [0.3, 0.4) is 0 Å². The molecule has 2 atom stereocenters. The van der Waals surface area contributed by atoms with Crippen LogP contribution in [-0.2, 0) is 4.79 Å². The Balaban J connectivity index is 1.72. The number of aromatic nitrogens is 3. The minimum Gasteiger partial charge on any atom is -0.351 e. The topological polar surface area (TPSA) is 73.9 Å². The maximum Gasteiger partial charge on any atom is 0.223 e. The molecular formula is C16H27N5O. The van der Waals surface area contributed by atoms with Crippen molar-refractivity contribution in [3.05, 3.63) is 11.6 Å². The number of carbonyl (C=O) groups excluding carboxylic acids is 1. The molecule has 122 valence electrons. The van der Waals surface area contributed by atoms with Gasteiger partial charge in [-0.25, -0.2) is 4.98 Å². The average molecular weight is 305 g/mol. The van der Waals surface area contributed by atoms with Crippen LogP contribution in [0, 0.1) is 12.8 Å². The third-order valence-electron chi connectivity index (χ3n) is 5.08. The van der Waals surface area contributed by atoms with Crippen LogP contribution in [0.5, 0.6) is 0 Å². The maximum absolute atomic E-state index is 12.5. The molecule has 2 heterocycles. The Morgan fingerprint density at radius 3 is 2.64 bits per heavy atom. The van der Waals surface area contributed by atoms with Crippen LogP contribution in [0.25, 0.3) is 0 Å². The molecule has 3 rings (SSSR count). The summed E-state index contributed by atoms with van der Waals surface area (Å²) in [5.41, 5.74) is 0. The molecule has 0 spiro atoms. The molecule has 2 N–H and O–H groups in total. The van der Waals surface area contributed by atoms with Crippen LogP contribution < -0.4 is 5.32 Å². The van der Waals surface area contributed by atoms with Gasteiger partial charge in [-0.3, -0.25) is 14.8 Å². The van der Waals surface area contributed by atoms with Crippen molar-refractivity contribution in [1.82, 2.24) is 25.4 Å². The molecular weight excluding hydrogens is 278 g/mol. The van der Waals surface area contributed by atoms with Gasteiger partial charge in [-0.15, -0.1) is 0 Å². The molecule has 2 fully saturated rings. The van der Waals surface area contributed by atoms with Gasteiger partial charge in [0.05, 0.1) is 12.0 Å². The highest BCUT2D eigenvalue weighted by molar-refractivity contribution is 5.79. The quantitative estimate of drug-likeness (QED) is 0.886. The first-order valence-electron chi connectivity index (χ1n) is 8.48. The molecule has 0 bridgehead atoms. The summed E-state index contributed by atoms with van der Waals surface area (Å²) in [6, 6.07) is 0.585. The van der Waals surface area contributed by atoms with E-state index in [1.165, 1.54) is 12.8 Å². The molecule has 1 aromatic heterocycles. The van der Waals surface area contributed by atoms with Gasteiger partial charge in [-0.1, -0.05) is 12.8 Å². The van der Waals surface area contributed by atoms with Crippen molar-refractivity contribution in [3.63, 3.8) is 0 Å². The SMILES string of the molecule is Cc1nc([C@@H]2CN(C(C)C)C[C@H]2NC(=O)C2CCCC2)n[nH]1. The van der Waals surface area contributed by atoms with Gasteiger partial charge in [0.1, 0.15) is 5.82 Å². The maximum atomic E-state index is 12.5. The fourth-order valence-electron chi connectivity index (χ4n) is 3.68. The molecule has 6 heteroatoms. The van der Waals surface area contributed by atoms with E-state index in [2.05, 4.69) is 39.2 Å². The van der Waals surface area contributed by atoms with Gasteiger partial charge < -0.3 is 5.32 Å². The normalized spacial score (nSPS) is 26.9.